The van der Waals surface area contributed by atoms with E-state index in [4.69, 9.17) is 9.94 Å². The third kappa shape index (κ3) is 7.09. The highest BCUT2D eigenvalue weighted by atomic mass is 16.6. The van der Waals surface area contributed by atoms with E-state index < -0.39 is 23.5 Å². The predicted octanol–water partition coefficient (Wildman–Crippen LogP) is 1.37. The first-order valence-corrected chi connectivity index (χ1v) is 6.73. The number of amides is 3. The minimum absolute atomic E-state index is 0.271. The number of hydrogen-bond acceptors (Lipinski definition) is 5. The van der Waals surface area contributed by atoms with Crippen LogP contribution in [-0.4, -0.2) is 28.7 Å². The van der Waals surface area contributed by atoms with Crippen molar-refractivity contribution in [1.82, 2.24) is 16.3 Å². The maximum Gasteiger partial charge on any atom is 0.426 e. The summed E-state index contributed by atoms with van der Waals surface area (Å²) < 4.78 is 4.98. The summed E-state index contributed by atoms with van der Waals surface area (Å²) in [6, 6.07) is 6.32. The van der Waals surface area contributed by atoms with Gasteiger partial charge in [-0.1, -0.05) is 12.1 Å². The average Bonchev–Trinajstić information content (AvgIpc) is 2.48. The number of carbonyl (C=O) groups excluding carboxylic acids is 3. The molecule has 1 rings (SSSR count). The third-order valence-electron chi connectivity index (χ3n) is 2.36. The van der Waals surface area contributed by atoms with Crippen molar-refractivity contribution in [2.45, 2.75) is 26.4 Å². The molecule has 0 spiro atoms. The van der Waals surface area contributed by atoms with E-state index in [1.165, 1.54) is 23.7 Å². The maximum atomic E-state index is 11.9. The van der Waals surface area contributed by atoms with Gasteiger partial charge in [0.1, 0.15) is 5.60 Å². The van der Waals surface area contributed by atoms with Crippen LogP contribution < -0.4 is 16.3 Å². The number of ether oxygens (including phenoxy) is 1. The highest BCUT2D eigenvalue weighted by Crippen LogP contribution is 2.08. The van der Waals surface area contributed by atoms with Crippen LogP contribution in [0, 0.1) is 0 Å². The summed E-state index contributed by atoms with van der Waals surface area (Å²) in [5.41, 5.74) is 5.98. The lowest BCUT2D eigenvalue weighted by molar-refractivity contribution is -0.124. The van der Waals surface area contributed by atoms with Gasteiger partial charge in [-0.15, -0.1) is 0 Å². The van der Waals surface area contributed by atoms with E-state index in [9.17, 15) is 14.4 Å². The van der Waals surface area contributed by atoms with Crippen LogP contribution in [0.3, 0.4) is 0 Å². The molecule has 124 valence electrons. The van der Waals surface area contributed by atoms with Gasteiger partial charge in [0.25, 0.3) is 11.8 Å². The lowest BCUT2D eigenvalue weighted by Gasteiger charge is -2.19. The van der Waals surface area contributed by atoms with Crippen LogP contribution in [0.1, 0.15) is 36.7 Å². The molecule has 23 heavy (non-hydrogen) atoms. The number of rotatable bonds is 3. The standard InChI is InChI=1S/C15H19N3O5/c1-15(2,3)23-14(21)17-16-13(20)11-6-4-5-10(9-11)7-8-12(19)18-22/h4-9,22H,1-3H3,(H,16,20)(H,17,21)(H,18,19)/b8-7+. The Morgan fingerprint density at radius 3 is 2.48 bits per heavy atom. The van der Waals surface area contributed by atoms with Crippen molar-refractivity contribution in [2.24, 2.45) is 0 Å². The monoisotopic (exact) mass is 321 g/mol. The fourth-order valence-corrected chi connectivity index (χ4v) is 1.48. The summed E-state index contributed by atoms with van der Waals surface area (Å²) in [6.07, 6.45) is 1.75. The summed E-state index contributed by atoms with van der Waals surface area (Å²) >= 11 is 0. The Kier molecular flexibility index (Phi) is 6.28. The number of nitrogens with one attached hydrogen (secondary N) is 3. The van der Waals surface area contributed by atoms with Crippen LogP contribution in [0.15, 0.2) is 30.3 Å². The fraction of sp³-hybridized carbons (Fsp3) is 0.267. The summed E-state index contributed by atoms with van der Waals surface area (Å²) in [7, 11) is 0. The van der Waals surface area contributed by atoms with E-state index in [0.29, 0.717) is 5.56 Å². The van der Waals surface area contributed by atoms with Crippen molar-refractivity contribution in [1.29, 1.82) is 0 Å². The molecule has 8 heteroatoms. The Balaban J connectivity index is 2.65. The normalized spacial score (nSPS) is 11.0. The Bertz CT molecular complexity index is 620. The lowest BCUT2D eigenvalue weighted by Crippen LogP contribution is -2.44. The lowest BCUT2D eigenvalue weighted by atomic mass is 10.1. The second-order valence-corrected chi connectivity index (χ2v) is 5.52. The highest BCUT2D eigenvalue weighted by Gasteiger charge is 2.16. The largest absolute Gasteiger partial charge is 0.443 e. The Morgan fingerprint density at radius 1 is 1.17 bits per heavy atom. The van der Waals surface area contributed by atoms with Crippen molar-refractivity contribution in [2.75, 3.05) is 0 Å². The molecule has 4 N–H and O–H groups in total. The molecule has 0 saturated heterocycles. The maximum absolute atomic E-state index is 11.9. The predicted molar refractivity (Wildman–Crippen MR) is 82.2 cm³/mol. The number of hydrogen-bond donors (Lipinski definition) is 4. The summed E-state index contributed by atoms with van der Waals surface area (Å²) in [5.74, 6) is -1.23. The Hall–Kier alpha value is -2.87. The minimum Gasteiger partial charge on any atom is -0.443 e. The number of hydrazine groups is 1. The first-order valence-electron chi connectivity index (χ1n) is 6.73. The van der Waals surface area contributed by atoms with Crippen molar-refractivity contribution < 1.29 is 24.3 Å². The summed E-state index contributed by atoms with van der Waals surface area (Å²) in [5, 5.41) is 8.39. The molecule has 1 aromatic rings. The zero-order valence-electron chi connectivity index (χ0n) is 13.0. The summed E-state index contributed by atoms with van der Waals surface area (Å²) in [6.45, 7) is 5.10. The van der Waals surface area contributed by atoms with Gasteiger partial charge in [-0.2, -0.15) is 0 Å². The molecular weight excluding hydrogens is 302 g/mol. The van der Waals surface area contributed by atoms with Gasteiger partial charge < -0.3 is 4.74 Å². The molecule has 0 unspecified atom stereocenters. The quantitative estimate of drug-likeness (QED) is 0.381. The fourth-order valence-electron chi connectivity index (χ4n) is 1.48. The molecule has 0 heterocycles. The van der Waals surface area contributed by atoms with Crippen molar-refractivity contribution in [3.63, 3.8) is 0 Å². The molecule has 0 atom stereocenters. The van der Waals surface area contributed by atoms with Crippen LogP contribution in [0.5, 0.6) is 0 Å². The number of hydroxylamine groups is 1. The first-order chi connectivity index (χ1) is 10.7. The van der Waals surface area contributed by atoms with E-state index in [1.807, 2.05) is 0 Å². The second-order valence-electron chi connectivity index (χ2n) is 5.52. The molecule has 0 radical (unpaired) electrons. The van der Waals surface area contributed by atoms with Gasteiger partial charge in [0.2, 0.25) is 0 Å². The smallest absolute Gasteiger partial charge is 0.426 e. The Morgan fingerprint density at radius 2 is 1.87 bits per heavy atom. The first kappa shape index (κ1) is 18.2. The van der Waals surface area contributed by atoms with Crippen LogP contribution in [0.4, 0.5) is 4.79 Å². The average molecular weight is 321 g/mol. The number of carbonyl (C=O) groups is 3. The summed E-state index contributed by atoms with van der Waals surface area (Å²) in [4.78, 5) is 34.3. The van der Waals surface area contributed by atoms with Gasteiger partial charge in [-0.25, -0.2) is 15.7 Å². The molecule has 0 aliphatic heterocycles. The molecule has 0 aliphatic carbocycles. The van der Waals surface area contributed by atoms with Gasteiger partial charge in [-0.05, 0) is 44.5 Å². The molecule has 0 aliphatic rings. The molecule has 0 fully saturated rings. The number of benzene rings is 1. The van der Waals surface area contributed by atoms with Crippen molar-refractivity contribution >= 4 is 24.0 Å². The van der Waals surface area contributed by atoms with Gasteiger partial charge in [0.05, 0.1) is 0 Å². The van der Waals surface area contributed by atoms with Gasteiger partial charge in [-0.3, -0.25) is 20.2 Å². The second kappa shape index (κ2) is 7.95. The molecule has 1 aromatic carbocycles. The highest BCUT2D eigenvalue weighted by molar-refractivity contribution is 5.96. The van der Waals surface area contributed by atoms with Gasteiger partial charge in [0, 0.05) is 11.6 Å². The van der Waals surface area contributed by atoms with Crippen LogP contribution in [0.2, 0.25) is 0 Å². The van der Waals surface area contributed by atoms with Crippen LogP contribution in [-0.2, 0) is 9.53 Å². The third-order valence-corrected chi connectivity index (χ3v) is 2.36. The molecule has 3 amide bonds. The van der Waals surface area contributed by atoms with E-state index in [1.54, 1.807) is 32.9 Å². The molecular formula is C15H19N3O5. The van der Waals surface area contributed by atoms with Gasteiger partial charge in [0.15, 0.2) is 0 Å². The van der Waals surface area contributed by atoms with E-state index in [0.717, 1.165) is 6.08 Å². The topological polar surface area (TPSA) is 117 Å². The molecule has 0 saturated carbocycles. The minimum atomic E-state index is -0.776. The zero-order valence-corrected chi connectivity index (χ0v) is 13.0. The molecule has 8 nitrogen and oxygen atoms in total. The van der Waals surface area contributed by atoms with E-state index >= 15 is 0 Å². The molecule has 0 bridgehead atoms. The van der Waals surface area contributed by atoms with Crippen LogP contribution in [0.25, 0.3) is 6.08 Å². The van der Waals surface area contributed by atoms with Crippen LogP contribution >= 0.6 is 0 Å². The SMILES string of the molecule is CC(C)(C)OC(=O)NNC(=O)c1cccc(/C=C/C(=O)NO)c1. The zero-order chi connectivity index (χ0) is 17.5. The molecule has 0 aromatic heterocycles. The van der Waals surface area contributed by atoms with Crippen molar-refractivity contribution in [3.8, 4) is 0 Å². The van der Waals surface area contributed by atoms with E-state index in [2.05, 4.69) is 10.9 Å². The van der Waals surface area contributed by atoms with Crippen molar-refractivity contribution in [3.05, 3.63) is 41.5 Å². The van der Waals surface area contributed by atoms with E-state index in [-0.39, 0.29) is 5.56 Å². The Labute approximate surface area is 133 Å². The van der Waals surface area contributed by atoms with Gasteiger partial charge >= 0.3 is 6.09 Å².